The molecule has 3 aromatic rings. The van der Waals surface area contributed by atoms with Gasteiger partial charge in [-0.3, -0.25) is 9.88 Å². The van der Waals surface area contributed by atoms with Crippen molar-refractivity contribution in [2.24, 2.45) is 0 Å². The van der Waals surface area contributed by atoms with E-state index >= 15 is 0 Å². The lowest BCUT2D eigenvalue weighted by atomic mass is 10.1. The monoisotopic (exact) mass is 394 g/mol. The summed E-state index contributed by atoms with van der Waals surface area (Å²) in [5.41, 5.74) is 2.17. The number of pyridine rings is 1. The third-order valence-electron chi connectivity index (χ3n) is 4.73. The van der Waals surface area contributed by atoms with E-state index in [1.807, 2.05) is 18.2 Å². The average Bonchev–Trinajstić information content (AvgIpc) is 3.34. The van der Waals surface area contributed by atoms with Crippen LogP contribution >= 0.6 is 0 Å². The standard InChI is InChI=1S/C21H19FN4O3/c1-14(27)5-7-17-13-25(21(28)29-17)16-6-8-20(18(22)10-16)26-12-15(11-24-26)19-4-2-3-9-23-19/h2-4,6,8-12,17H,5,7,13H2,1H3/t17-/m0/s1. The Balaban J connectivity index is 1.52. The Bertz CT molecular complexity index is 1050. The van der Waals surface area contributed by atoms with E-state index in [4.69, 9.17) is 4.74 Å². The van der Waals surface area contributed by atoms with Gasteiger partial charge in [0.15, 0.2) is 5.82 Å². The van der Waals surface area contributed by atoms with Gasteiger partial charge < -0.3 is 9.53 Å². The van der Waals surface area contributed by atoms with Crippen molar-refractivity contribution in [3.8, 4) is 16.9 Å². The molecular formula is C21H19FN4O3. The summed E-state index contributed by atoms with van der Waals surface area (Å²) >= 11 is 0. The predicted octanol–water partition coefficient (Wildman–Crippen LogP) is 3.77. The first kappa shape index (κ1) is 18.8. The first-order valence-corrected chi connectivity index (χ1v) is 9.25. The molecule has 8 heteroatoms. The predicted molar refractivity (Wildman–Crippen MR) is 104 cm³/mol. The van der Waals surface area contributed by atoms with Gasteiger partial charge in [-0.2, -0.15) is 5.10 Å². The summed E-state index contributed by atoms with van der Waals surface area (Å²) in [6.07, 6.45) is 4.89. The summed E-state index contributed by atoms with van der Waals surface area (Å²) in [4.78, 5) is 28.9. The molecule has 1 fully saturated rings. The number of carbonyl (C=O) groups excluding carboxylic acids is 2. The van der Waals surface area contributed by atoms with E-state index in [9.17, 15) is 14.0 Å². The molecule has 3 heterocycles. The maximum Gasteiger partial charge on any atom is 0.414 e. The molecule has 1 aromatic carbocycles. The Morgan fingerprint density at radius 1 is 1.31 bits per heavy atom. The number of benzene rings is 1. The number of anilines is 1. The van der Waals surface area contributed by atoms with Crippen LogP contribution in [0.3, 0.4) is 0 Å². The molecule has 0 unspecified atom stereocenters. The highest BCUT2D eigenvalue weighted by Gasteiger charge is 2.32. The Morgan fingerprint density at radius 3 is 2.90 bits per heavy atom. The van der Waals surface area contributed by atoms with Crippen molar-refractivity contribution in [3.63, 3.8) is 0 Å². The maximum absolute atomic E-state index is 14.8. The number of halogens is 1. The fraction of sp³-hybridized carbons (Fsp3) is 0.238. The minimum Gasteiger partial charge on any atom is -0.444 e. The number of carbonyl (C=O) groups is 2. The molecule has 7 nitrogen and oxygen atoms in total. The summed E-state index contributed by atoms with van der Waals surface area (Å²) in [7, 11) is 0. The van der Waals surface area contributed by atoms with E-state index in [1.54, 1.807) is 30.7 Å². The Labute approximate surface area is 166 Å². The largest absolute Gasteiger partial charge is 0.444 e. The molecule has 1 aliphatic rings. The zero-order valence-electron chi connectivity index (χ0n) is 15.8. The van der Waals surface area contributed by atoms with Crippen molar-refractivity contribution in [1.29, 1.82) is 0 Å². The molecule has 1 amide bonds. The molecule has 0 aliphatic carbocycles. The molecule has 0 bridgehead atoms. The fourth-order valence-electron chi connectivity index (χ4n) is 3.22. The first-order valence-electron chi connectivity index (χ1n) is 9.25. The second kappa shape index (κ2) is 7.83. The molecular weight excluding hydrogens is 375 g/mol. The third kappa shape index (κ3) is 4.01. The normalized spacial score (nSPS) is 16.1. The lowest BCUT2D eigenvalue weighted by Gasteiger charge is -2.14. The van der Waals surface area contributed by atoms with Crippen LogP contribution in [0.5, 0.6) is 0 Å². The summed E-state index contributed by atoms with van der Waals surface area (Å²) in [6, 6.07) is 10.0. The highest BCUT2D eigenvalue weighted by molar-refractivity contribution is 5.90. The quantitative estimate of drug-likeness (QED) is 0.636. The lowest BCUT2D eigenvalue weighted by molar-refractivity contribution is -0.117. The van der Waals surface area contributed by atoms with Gasteiger partial charge in [-0.15, -0.1) is 0 Å². The van der Waals surface area contributed by atoms with E-state index in [-0.39, 0.29) is 24.1 Å². The van der Waals surface area contributed by atoms with Gasteiger partial charge in [0.1, 0.15) is 17.6 Å². The molecule has 4 rings (SSSR count). The van der Waals surface area contributed by atoms with Crippen LogP contribution in [-0.2, 0) is 9.53 Å². The van der Waals surface area contributed by atoms with Crippen LogP contribution in [0.4, 0.5) is 14.9 Å². The van der Waals surface area contributed by atoms with Crippen LogP contribution < -0.4 is 4.90 Å². The van der Waals surface area contributed by atoms with Gasteiger partial charge in [0.05, 0.1) is 24.1 Å². The fourth-order valence-corrected chi connectivity index (χ4v) is 3.22. The molecule has 2 aromatic heterocycles. The van der Waals surface area contributed by atoms with Gasteiger partial charge in [0.25, 0.3) is 0 Å². The number of amides is 1. The van der Waals surface area contributed by atoms with Crippen molar-refractivity contribution in [3.05, 3.63) is 60.8 Å². The van der Waals surface area contributed by atoms with Crippen molar-refractivity contribution >= 4 is 17.6 Å². The van der Waals surface area contributed by atoms with E-state index in [2.05, 4.69) is 10.1 Å². The molecule has 29 heavy (non-hydrogen) atoms. The molecule has 0 radical (unpaired) electrons. The number of aromatic nitrogens is 3. The van der Waals surface area contributed by atoms with Crippen LogP contribution in [0.2, 0.25) is 0 Å². The topological polar surface area (TPSA) is 77.3 Å². The van der Waals surface area contributed by atoms with Gasteiger partial charge >= 0.3 is 6.09 Å². The molecule has 1 atom stereocenters. The van der Waals surface area contributed by atoms with Crippen molar-refractivity contribution in [2.45, 2.75) is 25.9 Å². The zero-order chi connectivity index (χ0) is 20.4. The number of hydrogen-bond acceptors (Lipinski definition) is 5. The van der Waals surface area contributed by atoms with E-state index in [1.165, 1.54) is 22.6 Å². The number of cyclic esters (lactones) is 1. The number of ketones is 1. The Hall–Kier alpha value is -3.55. The van der Waals surface area contributed by atoms with Crippen molar-refractivity contribution in [1.82, 2.24) is 14.8 Å². The van der Waals surface area contributed by atoms with Gasteiger partial charge in [-0.25, -0.2) is 13.9 Å². The number of hydrogen-bond donors (Lipinski definition) is 0. The molecule has 148 valence electrons. The van der Waals surface area contributed by atoms with Gasteiger partial charge in [-0.05, 0) is 43.7 Å². The minimum atomic E-state index is -0.540. The highest BCUT2D eigenvalue weighted by Crippen LogP contribution is 2.27. The second-order valence-electron chi connectivity index (χ2n) is 6.88. The highest BCUT2D eigenvalue weighted by atomic mass is 19.1. The summed E-state index contributed by atoms with van der Waals surface area (Å²) in [6.45, 7) is 1.79. The van der Waals surface area contributed by atoms with E-state index < -0.39 is 11.9 Å². The summed E-state index contributed by atoms with van der Waals surface area (Å²) in [5, 5.41) is 4.22. The number of rotatable bonds is 6. The average molecular weight is 394 g/mol. The third-order valence-corrected chi connectivity index (χ3v) is 4.73. The van der Waals surface area contributed by atoms with Crippen LogP contribution in [0, 0.1) is 5.82 Å². The number of ether oxygens (including phenoxy) is 1. The maximum atomic E-state index is 14.8. The van der Waals surface area contributed by atoms with E-state index in [0.717, 1.165) is 11.3 Å². The zero-order valence-corrected chi connectivity index (χ0v) is 15.8. The number of Topliss-reactive ketones (excluding diaryl/α,β-unsaturated/α-hetero) is 1. The summed E-state index contributed by atoms with van der Waals surface area (Å²) in [5.74, 6) is -0.475. The molecule has 1 saturated heterocycles. The van der Waals surface area contributed by atoms with Crippen LogP contribution in [0.15, 0.2) is 55.0 Å². The first-order chi connectivity index (χ1) is 14.0. The van der Waals surface area contributed by atoms with Gasteiger partial charge in [-0.1, -0.05) is 6.07 Å². The van der Waals surface area contributed by atoms with E-state index in [0.29, 0.717) is 18.5 Å². The molecule has 0 saturated carbocycles. The Kier molecular flexibility index (Phi) is 5.07. The molecule has 0 N–H and O–H groups in total. The second-order valence-corrected chi connectivity index (χ2v) is 6.88. The van der Waals surface area contributed by atoms with Gasteiger partial charge in [0.2, 0.25) is 0 Å². The Morgan fingerprint density at radius 2 is 2.17 bits per heavy atom. The van der Waals surface area contributed by atoms with Crippen LogP contribution in [0.1, 0.15) is 19.8 Å². The molecule has 1 aliphatic heterocycles. The van der Waals surface area contributed by atoms with Gasteiger partial charge in [0, 0.05) is 24.4 Å². The SMILES string of the molecule is CC(=O)CC[C@H]1CN(c2ccc(-n3cc(-c4ccccn4)cn3)c(F)c2)C(=O)O1. The summed E-state index contributed by atoms with van der Waals surface area (Å²) < 4.78 is 21.5. The van der Waals surface area contributed by atoms with Crippen molar-refractivity contribution in [2.75, 3.05) is 11.4 Å². The van der Waals surface area contributed by atoms with Crippen molar-refractivity contribution < 1.29 is 18.7 Å². The van der Waals surface area contributed by atoms with Crippen LogP contribution in [0.25, 0.3) is 16.9 Å². The minimum absolute atomic E-state index is 0.0409. The number of nitrogens with zero attached hydrogens (tertiary/aromatic N) is 4. The van der Waals surface area contributed by atoms with Crippen LogP contribution in [-0.4, -0.2) is 39.3 Å². The molecule has 0 spiro atoms. The lowest BCUT2D eigenvalue weighted by Crippen LogP contribution is -2.24. The smallest absolute Gasteiger partial charge is 0.414 e.